The molecule has 17 heavy (non-hydrogen) atoms. The number of aromatic hydroxyl groups is 1. The number of hydrogen-bond acceptors (Lipinski definition) is 3. The van der Waals surface area contributed by atoms with E-state index in [0.29, 0.717) is 12.1 Å². The van der Waals surface area contributed by atoms with Crippen LogP contribution in [0.1, 0.15) is 38.7 Å². The topological polar surface area (TPSA) is 35.8 Å². The maximum absolute atomic E-state index is 9.66. The van der Waals surface area contributed by atoms with E-state index in [1.54, 1.807) is 12.3 Å². The molecule has 0 aliphatic carbocycles. The van der Waals surface area contributed by atoms with E-state index in [1.807, 2.05) is 18.2 Å². The Morgan fingerprint density at radius 3 is 2.53 bits per heavy atom. The van der Waals surface area contributed by atoms with Crippen molar-refractivity contribution >= 4 is 6.21 Å². The van der Waals surface area contributed by atoms with Crippen molar-refractivity contribution in [2.24, 2.45) is 5.10 Å². The van der Waals surface area contributed by atoms with Gasteiger partial charge >= 0.3 is 0 Å². The Hall–Kier alpha value is -1.51. The largest absolute Gasteiger partial charge is 0.507 e. The summed E-state index contributed by atoms with van der Waals surface area (Å²) in [4.78, 5) is 0. The Kier molecular flexibility index (Phi) is 3.67. The molecule has 1 aromatic rings. The highest BCUT2D eigenvalue weighted by atomic mass is 16.3. The second kappa shape index (κ2) is 5.21. The Labute approximate surface area is 103 Å². The van der Waals surface area contributed by atoms with Crippen LogP contribution < -0.4 is 0 Å². The lowest BCUT2D eigenvalue weighted by atomic mass is 10.00. The third kappa shape index (κ3) is 2.78. The van der Waals surface area contributed by atoms with Gasteiger partial charge in [0.15, 0.2) is 0 Å². The minimum atomic E-state index is 0.286. The molecule has 1 aliphatic rings. The van der Waals surface area contributed by atoms with Crippen LogP contribution in [0.15, 0.2) is 29.4 Å². The monoisotopic (exact) mass is 232 g/mol. The van der Waals surface area contributed by atoms with E-state index in [2.05, 4.69) is 24.0 Å². The molecule has 0 spiro atoms. The van der Waals surface area contributed by atoms with Gasteiger partial charge in [-0.25, -0.2) is 0 Å². The summed E-state index contributed by atoms with van der Waals surface area (Å²) in [5, 5.41) is 16.3. The average Bonchev–Trinajstić information content (AvgIpc) is 2.30. The van der Waals surface area contributed by atoms with Crippen LogP contribution in [0.25, 0.3) is 0 Å². The smallest absolute Gasteiger partial charge is 0.124 e. The molecule has 2 atom stereocenters. The van der Waals surface area contributed by atoms with Gasteiger partial charge in [-0.1, -0.05) is 12.1 Å². The molecule has 1 saturated heterocycles. The van der Waals surface area contributed by atoms with Crippen molar-refractivity contribution in [3.63, 3.8) is 0 Å². The summed E-state index contributed by atoms with van der Waals surface area (Å²) in [6, 6.07) is 8.26. The quantitative estimate of drug-likeness (QED) is 0.796. The number of phenolic OH excluding ortho intramolecular Hbond substituents is 1. The standard InChI is InChI=1S/C14H20N2O/c1-11-6-5-7-12(2)16(11)15-10-13-8-3-4-9-14(13)17/h3-4,8-12,17H,5-7H2,1-2H3/b15-10+/t11-,12-/m0/s1. The molecule has 1 aliphatic heterocycles. The first kappa shape index (κ1) is 12.0. The highest BCUT2D eigenvalue weighted by molar-refractivity contribution is 5.82. The second-order valence-corrected chi connectivity index (χ2v) is 4.81. The molecule has 0 bridgehead atoms. The van der Waals surface area contributed by atoms with E-state index in [4.69, 9.17) is 0 Å². The maximum atomic E-state index is 9.66. The van der Waals surface area contributed by atoms with Crippen LogP contribution in [0, 0.1) is 0 Å². The van der Waals surface area contributed by atoms with E-state index in [9.17, 15) is 5.11 Å². The van der Waals surface area contributed by atoms with Crippen molar-refractivity contribution in [1.82, 2.24) is 5.01 Å². The van der Waals surface area contributed by atoms with Gasteiger partial charge in [0.1, 0.15) is 5.75 Å². The third-order valence-electron chi connectivity index (χ3n) is 3.41. The van der Waals surface area contributed by atoms with E-state index in [0.717, 1.165) is 5.56 Å². The summed E-state index contributed by atoms with van der Waals surface area (Å²) in [5.74, 6) is 0.286. The van der Waals surface area contributed by atoms with E-state index < -0.39 is 0 Å². The fraction of sp³-hybridized carbons (Fsp3) is 0.500. The molecule has 3 heteroatoms. The lowest BCUT2D eigenvalue weighted by Gasteiger charge is -2.36. The normalized spacial score (nSPS) is 25.4. The van der Waals surface area contributed by atoms with Crippen LogP contribution in [-0.2, 0) is 0 Å². The van der Waals surface area contributed by atoms with Crippen molar-refractivity contribution in [3.8, 4) is 5.75 Å². The SMILES string of the molecule is C[C@H]1CCC[C@H](C)N1/N=C/c1ccccc1O. The van der Waals surface area contributed by atoms with Gasteiger partial charge in [0.05, 0.1) is 6.21 Å². The number of piperidine rings is 1. The average molecular weight is 232 g/mol. The minimum Gasteiger partial charge on any atom is -0.507 e. The van der Waals surface area contributed by atoms with Gasteiger partial charge in [-0.2, -0.15) is 5.10 Å². The number of phenols is 1. The summed E-state index contributed by atoms with van der Waals surface area (Å²) < 4.78 is 0. The zero-order chi connectivity index (χ0) is 12.3. The number of para-hydroxylation sites is 1. The summed E-state index contributed by atoms with van der Waals surface area (Å²) in [5.41, 5.74) is 0.775. The number of hydrogen-bond donors (Lipinski definition) is 1. The predicted molar refractivity (Wildman–Crippen MR) is 70.3 cm³/mol. The molecule has 0 saturated carbocycles. The van der Waals surface area contributed by atoms with Crippen LogP contribution >= 0.6 is 0 Å². The third-order valence-corrected chi connectivity index (χ3v) is 3.41. The molecule has 0 amide bonds. The first-order chi connectivity index (χ1) is 8.18. The molecule has 1 heterocycles. The molecule has 0 aromatic heterocycles. The zero-order valence-corrected chi connectivity index (χ0v) is 10.5. The van der Waals surface area contributed by atoms with Crippen LogP contribution in [0.5, 0.6) is 5.75 Å². The second-order valence-electron chi connectivity index (χ2n) is 4.81. The van der Waals surface area contributed by atoms with Gasteiger partial charge in [-0.05, 0) is 45.2 Å². The molecule has 92 valence electrons. The molecular weight excluding hydrogens is 212 g/mol. The Bertz CT molecular complexity index is 393. The molecule has 2 rings (SSSR count). The molecule has 0 radical (unpaired) electrons. The molecule has 1 N–H and O–H groups in total. The fourth-order valence-corrected chi connectivity index (χ4v) is 2.36. The number of nitrogens with zero attached hydrogens (tertiary/aromatic N) is 2. The molecule has 1 fully saturated rings. The lowest BCUT2D eigenvalue weighted by Crippen LogP contribution is -2.39. The van der Waals surface area contributed by atoms with Crippen molar-refractivity contribution in [2.75, 3.05) is 0 Å². The van der Waals surface area contributed by atoms with Gasteiger partial charge in [-0.3, -0.25) is 5.01 Å². The maximum Gasteiger partial charge on any atom is 0.124 e. The Morgan fingerprint density at radius 1 is 1.24 bits per heavy atom. The highest BCUT2D eigenvalue weighted by Crippen LogP contribution is 2.23. The van der Waals surface area contributed by atoms with Gasteiger partial charge in [0.2, 0.25) is 0 Å². The van der Waals surface area contributed by atoms with Crippen molar-refractivity contribution in [2.45, 2.75) is 45.2 Å². The van der Waals surface area contributed by atoms with Crippen LogP contribution in [-0.4, -0.2) is 28.4 Å². The van der Waals surface area contributed by atoms with Crippen molar-refractivity contribution in [1.29, 1.82) is 0 Å². The Morgan fingerprint density at radius 2 is 1.88 bits per heavy atom. The summed E-state index contributed by atoms with van der Waals surface area (Å²) in [7, 11) is 0. The molecular formula is C14H20N2O. The number of hydrazone groups is 1. The van der Waals surface area contributed by atoms with Gasteiger partial charge < -0.3 is 5.11 Å². The van der Waals surface area contributed by atoms with Crippen molar-refractivity contribution in [3.05, 3.63) is 29.8 Å². The fourth-order valence-electron chi connectivity index (χ4n) is 2.36. The van der Waals surface area contributed by atoms with E-state index >= 15 is 0 Å². The number of rotatable bonds is 2. The summed E-state index contributed by atoms with van der Waals surface area (Å²) >= 11 is 0. The van der Waals surface area contributed by atoms with E-state index in [1.165, 1.54) is 19.3 Å². The van der Waals surface area contributed by atoms with Gasteiger partial charge in [0.25, 0.3) is 0 Å². The molecule has 3 nitrogen and oxygen atoms in total. The summed E-state index contributed by atoms with van der Waals surface area (Å²) in [6.45, 7) is 4.41. The Balaban J connectivity index is 2.11. The van der Waals surface area contributed by atoms with Crippen LogP contribution in [0.4, 0.5) is 0 Å². The first-order valence-corrected chi connectivity index (χ1v) is 6.29. The highest BCUT2D eigenvalue weighted by Gasteiger charge is 2.22. The minimum absolute atomic E-state index is 0.286. The lowest BCUT2D eigenvalue weighted by molar-refractivity contribution is 0.109. The van der Waals surface area contributed by atoms with Crippen molar-refractivity contribution < 1.29 is 5.11 Å². The van der Waals surface area contributed by atoms with Gasteiger partial charge in [0, 0.05) is 17.6 Å². The van der Waals surface area contributed by atoms with E-state index in [-0.39, 0.29) is 5.75 Å². The molecule has 1 aromatic carbocycles. The zero-order valence-electron chi connectivity index (χ0n) is 10.5. The number of benzene rings is 1. The summed E-state index contributed by atoms with van der Waals surface area (Å²) in [6.07, 6.45) is 5.43. The predicted octanol–water partition coefficient (Wildman–Crippen LogP) is 2.99. The molecule has 0 unspecified atom stereocenters. The van der Waals surface area contributed by atoms with Crippen LogP contribution in [0.3, 0.4) is 0 Å². The van der Waals surface area contributed by atoms with Crippen LogP contribution in [0.2, 0.25) is 0 Å². The van der Waals surface area contributed by atoms with Gasteiger partial charge in [-0.15, -0.1) is 0 Å². The first-order valence-electron chi connectivity index (χ1n) is 6.29.